The first kappa shape index (κ1) is 14.2. The van der Waals surface area contributed by atoms with Gasteiger partial charge < -0.3 is 16.4 Å². The van der Waals surface area contributed by atoms with Crippen LogP contribution in [-0.4, -0.2) is 16.1 Å². The Hall–Kier alpha value is -1.73. The highest BCUT2D eigenvalue weighted by Gasteiger charge is 2.22. The molecule has 4 N–H and O–H groups in total. The van der Waals surface area contributed by atoms with E-state index in [1.165, 1.54) is 22.3 Å². The van der Waals surface area contributed by atoms with Crippen molar-refractivity contribution in [2.75, 3.05) is 11.1 Å². The lowest BCUT2D eigenvalue weighted by molar-refractivity contribution is 0.531. The minimum atomic E-state index is -0.317. The van der Waals surface area contributed by atoms with Crippen LogP contribution in [0.1, 0.15) is 17.0 Å². The molecule has 4 nitrogen and oxygen atoms in total. The number of fused-ring (bicyclic) bond motifs is 1. The van der Waals surface area contributed by atoms with Gasteiger partial charge in [0.15, 0.2) is 10.2 Å². The van der Waals surface area contributed by atoms with Crippen molar-refractivity contribution < 1.29 is 4.39 Å². The first-order valence-corrected chi connectivity index (χ1v) is 7.90. The molecule has 0 saturated carbocycles. The largest absolute Gasteiger partial charge is 0.375 e. The number of aryl methyl sites for hydroxylation is 1. The van der Waals surface area contributed by atoms with E-state index in [0.29, 0.717) is 15.9 Å². The number of halogens is 1. The molecule has 7 heteroatoms. The standard InChI is InChI=1S/C14H15FN4S2/c15-9-3-1-2-4-10(9)19-14(20)17-8-5-6-11-12(7-8)21-13(16)18-11/h1-4,8H,5-7H2,(H2,16,18)(H2,17,19,20). The van der Waals surface area contributed by atoms with Crippen LogP contribution >= 0.6 is 23.6 Å². The summed E-state index contributed by atoms with van der Waals surface area (Å²) in [6.45, 7) is 0. The van der Waals surface area contributed by atoms with Gasteiger partial charge in [-0.3, -0.25) is 0 Å². The van der Waals surface area contributed by atoms with Crippen molar-refractivity contribution in [1.82, 2.24) is 10.3 Å². The molecule has 0 radical (unpaired) electrons. The fraction of sp³-hybridized carbons (Fsp3) is 0.286. The maximum atomic E-state index is 13.6. The van der Waals surface area contributed by atoms with Crippen LogP contribution in [-0.2, 0) is 12.8 Å². The van der Waals surface area contributed by atoms with Crippen LogP contribution in [0.3, 0.4) is 0 Å². The van der Waals surface area contributed by atoms with E-state index in [1.807, 2.05) is 0 Å². The number of nitrogens with two attached hydrogens (primary N) is 1. The van der Waals surface area contributed by atoms with Crippen molar-refractivity contribution in [2.24, 2.45) is 0 Å². The first-order chi connectivity index (χ1) is 10.1. The summed E-state index contributed by atoms with van der Waals surface area (Å²) in [4.78, 5) is 5.53. The Labute approximate surface area is 131 Å². The molecule has 0 spiro atoms. The highest BCUT2D eigenvalue weighted by Crippen LogP contribution is 2.28. The lowest BCUT2D eigenvalue weighted by atomic mass is 9.98. The second-order valence-corrected chi connectivity index (χ2v) is 6.46. The number of aromatic nitrogens is 1. The fourth-order valence-corrected chi connectivity index (χ4v) is 3.66. The number of hydrogen-bond donors (Lipinski definition) is 3. The lowest BCUT2D eigenvalue weighted by Gasteiger charge is -2.24. The van der Waals surface area contributed by atoms with Crippen LogP contribution in [0.2, 0.25) is 0 Å². The van der Waals surface area contributed by atoms with Gasteiger partial charge in [0.2, 0.25) is 0 Å². The number of nitrogens with zero attached hydrogens (tertiary/aromatic N) is 1. The maximum absolute atomic E-state index is 13.6. The number of nitrogen functional groups attached to an aromatic ring is 1. The van der Waals surface area contributed by atoms with E-state index < -0.39 is 0 Å². The number of rotatable bonds is 2. The summed E-state index contributed by atoms with van der Waals surface area (Å²) in [5.74, 6) is -0.317. The SMILES string of the molecule is Nc1nc2c(s1)CC(NC(=S)Nc1ccccc1F)CC2. The number of thiazole rings is 1. The summed E-state index contributed by atoms with van der Waals surface area (Å²) in [6, 6.07) is 6.70. The van der Waals surface area contributed by atoms with Gasteiger partial charge in [-0.2, -0.15) is 0 Å². The minimum Gasteiger partial charge on any atom is -0.375 e. The molecule has 0 bridgehead atoms. The van der Waals surface area contributed by atoms with Crippen LogP contribution in [0.25, 0.3) is 0 Å². The number of nitrogens with one attached hydrogen (secondary N) is 2. The fourth-order valence-electron chi connectivity index (χ4n) is 2.42. The molecule has 1 aliphatic rings. The highest BCUT2D eigenvalue weighted by molar-refractivity contribution is 7.80. The summed E-state index contributed by atoms with van der Waals surface area (Å²) in [5, 5.41) is 7.19. The van der Waals surface area contributed by atoms with Gasteiger partial charge in [0.25, 0.3) is 0 Å². The topological polar surface area (TPSA) is 63.0 Å². The van der Waals surface area contributed by atoms with Crippen LogP contribution < -0.4 is 16.4 Å². The number of para-hydroxylation sites is 1. The van der Waals surface area contributed by atoms with E-state index in [2.05, 4.69) is 15.6 Å². The van der Waals surface area contributed by atoms with E-state index in [-0.39, 0.29) is 11.9 Å². The van der Waals surface area contributed by atoms with Crippen LogP contribution in [0, 0.1) is 5.82 Å². The van der Waals surface area contributed by atoms with Gasteiger partial charge in [0.1, 0.15) is 5.82 Å². The van der Waals surface area contributed by atoms with Crippen molar-refractivity contribution in [3.8, 4) is 0 Å². The average molecular weight is 322 g/mol. The van der Waals surface area contributed by atoms with Gasteiger partial charge >= 0.3 is 0 Å². The molecule has 110 valence electrons. The molecule has 0 saturated heterocycles. The smallest absolute Gasteiger partial charge is 0.180 e. The third-order valence-corrected chi connectivity index (χ3v) is 4.58. The van der Waals surface area contributed by atoms with Gasteiger partial charge in [-0.05, 0) is 37.2 Å². The van der Waals surface area contributed by atoms with E-state index in [0.717, 1.165) is 25.0 Å². The summed E-state index contributed by atoms with van der Waals surface area (Å²) in [5.41, 5.74) is 7.21. The molecule has 0 aliphatic heterocycles. The molecule has 3 rings (SSSR count). The number of hydrogen-bond acceptors (Lipinski definition) is 4. The zero-order valence-electron chi connectivity index (χ0n) is 11.2. The van der Waals surface area contributed by atoms with Gasteiger partial charge in [-0.15, -0.1) is 11.3 Å². The summed E-state index contributed by atoms with van der Waals surface area (Å²) >= 11 is 6.78. The van der Waals surface area contributed by atoms with Crippen LogP contribution in [0.4, 0.5) is 15.2 Å². The number of thiocarbonyl (C=S) groups is 1. The van der Waals surface area contributed by atoms with Crippen molar-refractivity contribution in [2.45, 2.75) is 25.3 Å². The predicted octanol–water partition coefficient (Wildman–Crippen LogP) is 2.71. The lowest BCUT2D eigenvalue weighted by Crippen LogP contribution is -2.41. The molecule has 1 atom stereocenters. The molecule has 1 aromatic carbocycles. The third kappa shape index (κ3) is 3.30. The van der Waals surface area contributed by atoms with E-state index in [4.69, 9.17) is 18.0 Å². The Morgan fingerprint density at radius 2 is 2.24 bits per heavy atom. The second kappa shape index (κ2) is 5.95. The normalized spacial score (nSPS) is 17.1. The molecule has 2 aromatic rings. The first-order valence-electron chi connectivity index (χ1n) is 6.68. The van der Waals surface area contributed by atoms with Gasteiger partial charge in [0, 0.05) is 17.3 Å². The summed E-state index contributed by atoms with van der Waals surface area (Å²) in [6.07, 6.45) is 2.68. The Kier molecular flexibility index (Phi) is 4.03. The average Bonchev–Trinajstić information content (AvgIpc) is 2.80. The van der Waals surface area contributed by atoms with E-state index in [1.54, 1.807) is 18.2 Å². The number of benzene rings is 1. The highest BCUT2D eigenvalue weighted by atomic mass is 32.1. The number of anilines is 2. The molecular formula is C14H15FN4S2. The Morgan fingerprint density at radius 3 is 3.05 bits per heavy atom. The Balaban J connectivity index is 1.60. The Bertz CT molecular complexity index is 671. The van der Waals surface area contributed by atoms with Crippen LogP contribution in [0.15, 0.2) is 24.3 Å². The van der Waals surface area contributed by atoms with Crippen molar-refractivity contribution in [1.29, 1.82) is 0 Å². The van der Waals surface area contributed by atoms with E-state index >= 15 is 0 Å². The predicted molar refractivity (Wildman–Crippen MR) is 88.1 cm³/mol. The quantitative estimate of drug-likeness (QED) is 0.742. The second-order valence-electron chi connectivity index (χ2n) is 4.94. The molecule has 1 heterocycles. The van der Waals surface area contributed by atoms with Gasteiger partial charge in [-0.25, -0.2) is 9.37 Å². The molecule has 21 heavy (non-hydrogen) atoms. The van der Waals surface area contributed by atoms with Gasteiger partial charge in [0.05, 0.1) is 11.4 Å². The molecule has 0 fully saturated rings. The monoisotopic (exact) mass is 322 g/mol. The van der Waals surface area contributed by atoms with E-state index in [9.17, 15) is 4.39 Å². The van der Waals surface area contributed by atoms with Crippen molar-refractivity contribution in [3.05, 3.63) is 40.7 Å². The maximum Gasteiger partial charge on any atom is 0.180 e. The van der Waals surface area contributed by atoms with Crippen molar-refractivity contribution in [3.63, 3.8) is 0 Å². The summed E-state index contributed by atoms with van der Waals surface area (Å²) in [7, 11) is 0. The zero-order chi connectivity index (χ0) is 14.8. The summed E-state index contributed by atoms with van der Waals surface area (Å²) < 4.78 is 13.6. The molecule has 1 unspecified atom stereocenters. The zero-order valence-corrected chi connectivity index (χ0v) is 12.9. The Morgan fingerprint density at radius 1 is 1.43 bits per heavy atom. The van der Waals surface area contributed by atoms with Crippen LogP contribution in [0.5, 0.6) is 0 Å². The third-order valence-electron chi connectivity index (χ3n) is 3.41. The molecular weight excluding hydrogens is 307 g/mol. The molecule has 1 aromatic heterocycles. The van der Waals surface area contributed by atoms with Gasteiger partial charge in [-0.1, -0.05) is 12.1 Å². The van der Waals surface area contributed by atoms with Crippen molar-refractivity contribution >= 4 is 39.5 Å². The molecule has 0 amide bonds. The molecule has 1 aliphatic carbocycles. The minimum absolute atomic E-state index is 0.226.